The fourth-order valence-electron chi connectivity index (χ4n) is 3.72. The lowest BCUT2D eigenvalue weighted by molar-refractivity contribution is -0.385. The number of nitrogens with one attached hydrogen (secondary N) is 1. The molecule has 31 heavy (non-hydrogen) atoms. The second-order valence-electron chi connectivity index (χ2n) is 6.73. The largest absolute Gasteiger partial charge is 0.464 e. The number of ether oxygens (including phenoxy) is 1. The second kappa shape index (κ2) is 7.33. The Kier molecular flexibility index (Phi) is 4.91. The zero-order chi connectivity index (χ0) is 22.5. The highest BCUT2D eigenvalue weighted by Gasteiger charge is 2.67. The Bertz CT molecular complexity index is 1200. The first kappa shape index (κ1) is 20.8. The number of nitro groups is 1. The molecule has 4 rings (SSSR count). The van der Waals surface area contributed by atoms with Gasteiger partial charge in [0.15, 0.2) is 11.3 Å². The minimum Gasteiger partial charge on any atom is -0.464 e. The summed E-state index contributed by atoms with van der Waals surface area (Å²) in [7, 11) is 1.11. The van der Waals surface area contributed by atoms with Gasteiger partial charge in [0.1, 0.15) is 5.92 Å². The van der Waals surface area contributed by atoms with E-state index in [1.807, 2.05) is 0 Å². The Morgan fingerprint density at radius 3 is 2.61 bits per heavy atom. The van der Waals surface area contributed by atoms with Crippen LogP contribution >= 0.6 is 23.2 Å². The minimum atomic E-state index is -1.88. The van der Waals surface area contributed by atoms with Crippen molar-refractivity contribution in [2.45, 2.75) is 5.54 Å². The molecule has 10 nitrogen and oxygen atoms in total. The van der Waals surface area contributed by atoms with E-state index < -0.39 is 34.2 Å². The number of esters is 1. The number of anilines is 1. The Morgan fingerprint density at radius 2 is 1.97 bits per heavy atom. The van der Waals surface area contributed by atoms with E-state index in [9.17, 15) is 24.5 Å². The molecule has 2 amide bonds. The summed E-state index contributed by atoms with van der Waals surface area (Å²) in [6.45, 7) is 0. The fourth-order valence-corrected chi connectivity index (χ4v) is 4.01. The molecule has 2 aromatic rings. The van der Waals surface area contributed by atoms with Gasteiger partial charge in [0, 0.05) is 12.1 Å². The van der Waals surface area contributed by atoms with Crippen molar-refractivity contribution in [3.63, 3.8) is 0 Å². The van der Waals surface area contributed by atoms with Gasteiger partial charge in [-0.1, -0.05) is 35.3 Å². The van der Waals surface area contributed by atoms with Crippen molar-refractivity contribution in [1.82, 2.24) is 5.43 Å². The molecule has 0 saturated carbocycles. The molecule has 2 aromatic carbocycles. The average molecular weight is 463 g/mol. The molecule has 2 aliphatic heterocycles. The molecule has 0 bridgehead atoms. The lowest BCUT2D eigenvalue weighted by Crippen LogP contribution is -2.48. The SMILES string of the molecule is COC(=O)C1=NN[C@]2(c3cccc([N+](=O)[O-])c3)C(=O)N(c3ccc(Cl)c(Cl)c3)C(=O)[C@H]12. The zero-order valence-corrected chi connectivity index (χ0v) is 17.2. The smallest absolute Gasteiger partial charge is 0.355 e. The van der Waals surface area contributed by atoms with E-state index in [1.54, 1.807) is 0 Å². The molecule has 1 fully saturated rings. The van der Waals surface area contributed by atoms with Crippen LogP contribution in [0.5, 0.6) is 0 Å². The second-order valence-corrected chi connectivity index (χ2v) is 7.54. The van der Waals surface area contributed by atoms with Crippen LogP contribution < -0.4 is 10.3 Å². The molecule has 2 aliphatic rings. The number of fused-ring (bicyclic) bond motifs is 1. The van der Waals surface area contributed by atoms with Crippen LogP contribution in [-0.2, 0) is 24.7 Å². The van der Waals surface area contributed by atoms with E-state index in [-0.39, 0.29) is 32.7 Å². The maximum atomic E-state index is 13.6. The first-order valence-electron chi connectivity index (χ1n) is 8.73. The van der Waals surface area contributed by atoms with E-state index in [2.05, 4.69) is 10.5 Å². The van der Waals surface area contributed by atoms with Gasteiger partial charge in [-0.05, 0) is 23.8 Å². The summed E-state index contributed by atoms with van der Waals surface area (Å²) in [6.07, 6.45) is 0. The van der Waals surface area contributed by atoms with Crippen LogP contribution in [0.4, 0.5) is 11.4 Å². The maximum Gasteiger partial charge on any atom is 0.355 e. The number of benzene rings is 2. The van der Waals surface area contributed by atoms with Gasteiger partial charge in [-0.15, -0.1) is 0 Å². The number of amides is 2. The third kappa shape index (κ3) is 2.94. The number of imide groups is 1. The molecule has 1 N–H and O–H groups in total. The standard InChI is InChI=1S/C19H12Cl2N4O6/c1-31-17(27)15-14-16(26)24(10-5-6-12(20)13(21)8-10)18(28)19(14,23-22-15)9-3-2-4-11(7-9)25(29)30/h2-8,14,23H,1H3/t14-,19-/m0/s1. The van der Waals surface area contributed by atoms with Crippen LogP contribution in [0.3, 0.4) is 0 Å². The molecule has 0 aliphatic carbocycles. The minimum absolute atomic E-state index is 0.0928. The highest BCUT2D eigenvalue weighted by molar-refractivity contribution is 6.47. The third-order valence-electron chi connectivity index (χ3n) is 5.14. The number of halogens is 2. The Hall–Kier alpha value is -3.50. The number of hydrogen-bond donors (Lipinski definition) is 1. The summed E-state index contributed by atoms with van der Waals surface area (Å²) in [4.78, 5) is 50.8. The van der Waals surface area contributed by atoms with Gasteiger partial charge in [-0.3, -0.25) is 25.1 Å². The van der Waals surface area contributed by atoms with Crippen LogP contribution in [0.25, 0.3) is 0 Å². The summed E-state index contributed by atoms with van der Waals surface area (Å²) in [5.41, 5.74) is 0.293. The summed E-state index contributed by atoms with van der Waals surface area (Å²) < 4.78 is 4.71. The molecule has 0 spiro atoms. The van der Waals surface area contributed by atoms with Crippen molar-refractivity contribution in [3.05, 3.63) is 68.2 Å². The lowest BCUT2D eigenvalue weighted by atomic mass is 9.78. The normalized spacial score (nSPS) is 22.1. The number of carbonyl (C=O) groups is 3. The molecular weight excluding hydrogens is 451 g/mol. The van der Waals surface area contributed by atoms with Crippen molar-refractivity contribution in [2.75, 3.05) is 12.0 Å². The molecule has 2 atom stereocenters. The number of carbonyl (C=O) groups excluding carboxylic acids is 3. The predicted octanol–water partition coefficient (Wildman–Crippen LogP) is 2.42. The van der Waals surface area contributed by atoms with Gasteiger partial charge in [-0.25, -0.2) is 9.69 Å². The van der Waals surface area contributed by atoms with Crippen LogP contribution in [0.15, 0.2) is 47.6 Å². The first-order chi connectivity index (χ1) is 14.7. The highest BCUT2D eigenvalue weighted by atomic mass is 35.5. The topological polar surface area (TPSA) is 131 Å². The van der Waals surface area contributed by atoms with E-state index in [0.717, 1.165) is 18.1 Å². The number of non-ortho nitro benzene ring substituents is 1. The van der Waals surface area contributed by atoms with E-state index in [1.165, 1.54) is 36.4 Å². The Labute approximate surface area is 184 Å². The predicted molar refractivity (Wildman–Crippen MR) is 110 cm³/mol. The highest BCUT2D eigenvalue weighted by Crippen LogP contribution is 2.46. The van der Waals surface area contributed by atoms with Gasteiger partial charge in [0.25, 0.3) is 11.6 Å². The molecular formula is C19H12Cl2N4O6. The van der Waals surface area contributed by atoms with Crippen molar-refractivity contribution in [3.8, 4) is 0 Å². The van der Waals surface area contributed by atoms with Crippen LogP contribution in [0, 0.1) is 16.0 Å². The molecule has 1 saturated heterocycles. The lowest BCUT2D eigenvalue weighted by Gasteiger charge is -2.26. The van der Waals surface area contributed by atoms with E-state index in [4.69, 9.17) is 27.9 Å². The number of nitro benzene ring substituents is 1. The molecule has 158 valence electrons. The van der Waals surface area contributed by atoms with Gasteiger partial charge < -0.3 is 4.74 Å². The van der Waals surface area contributed by atoms with Crippen molar-refractivity contribution >= 4 is 58.1 Å². The van der Waals surface area contributed by atoms with Gasteiger partial charge in [0.2, 0.25) is 5.91 Å². The molecule has 2 heterocycles. The number of nitrogens with zero attached hydrogens (tertiary/aromatic N) is 3. The summed E-state index contributed by atoms with van der Waals surface area (Å²) in [5, 5.41) is 15.5. The van der Waals surface area contributed by atoms with Crippen molar-refractivity contribution in [2.24, 2.45) is 11.0 Å². The van der Waals surface area contributed by atoms with Crippen molar-refractivity contribution in [1.29, 1.82) is 0 Å². The summed E-state index contributed by atoms with van der Waals surface area (Å²) in [6, 6.07) is 9.36. The van der Waals surface area contributed by atoms with Gasteiger partial charge >= 0.3 is 5.97 Å². The number of methoxy groups -OCH3 is 1. The number of hydrogen-bond acceptors (Lipinski definition) is 8. The first-order valence-corrected chi connectivity index (χ1v) is 9.49. The van der Waals surface area contributed by atoms with Crippen molar-refractivity contribution < 1.29 is 24.0 Å². The van der Waals surface area contributed by atoms with Crippen LogP contribution in [0.1, 0.15) is 5.56 Å². The molecule has 0 radical (unpaired) electrons. The molecule has 12 heteroatoms. The summed E-state index contributed by atoms with van der Waals surface area (Å²) in [5.74, 6) is -3.89. The Morgan fingerprint density at radius 1 is 1.23 bits per heavy atom. The number of hydrazone groups is 1. The Balaban J connectivity index is 1.92. The van der Waals surface area contributed by atoms with E-state index >= 15 is 0 Å². The summed E-state index contributed by atoms with van der Waals surface area (Å²) >= 11 is 12.0. The maximum absolute atomic E-state index is 13.6. The third-order valence-corrected chi connectivity index (χ3v) is 5.87. The molecule has 0 unspecified atom stereocenters. The quantitative estimate of drug-likeness (QED) is 0.319. The van der Waals surface area contributed by atoms with Crippen LogP contribution in [-0.4, -0.2) is 35.5 Å². The van der Waals surface area contributed by atoms with Gasteiger partial charge in [-0.2, -0.15) is 5.10 Å². The van der Waals surface area contributed by atoms with Crippen LogP contribution in [0.2, 0.25) is 10.0 Å². The fraction of sp³-hybridized carbons (Fsp3) is 0.158. The molecule has 0 aromatic heterocycles. The average Bonchev–Trinajstić information content (AvgIpc) is 3.26. The number of rotatable bonds is 4. The zero-order valence-electron chi connectivity index (χ0n) is 15.7. The monoisotopic (exact) mass is 462 g/mol. The van der Waals surface area contributed by atoms with Gasteiger partial charge in [0.05, 0.1) is 27.8 Å². The van der Waals surface area contributed by atoms with E-state index in [0.29, 0.717) is 0 Å².